The standard InChI is InChI=1S/C34H21Br.C20H15Br.C18H12BrN.C16H11Br.C14H9BrN2O.C14H9Br.C14H9Cl/c35-28-17-18-31-32(21-28)34(27-16-14-23-8-2-4-10-25(23)20-27)30-12-6-5-11-29(30)33(31)26-15-13-22-7-1-3-9-24(22)19-26;21-20-17-12-6-4-10-15(17)19(14-8-2-1-3-9-14)16-11-5-7-13-18(16)20;19-15-9-3-6-12-18(15)20-16-10-4-1-7-13(16)14-8-2-5-11-17(14)20;17-16-9-7-13(8-10-16)15-6-5-12-3-1-2-4-14(12)11-15;15-12-8-6-11(7-9-12)14-17-16-13(18-14)10-4-2-1-3-5-10;15-12-8-7-11-6-5-10-3-1-2-4-13(10)14(11)9-12;15-14-7-3-6-12-8-10-4-1-2-5-11(10)9-13(12)14/h1-21H;1-2,4-8,10-13H,3,9H2;1-12H;1-11H;1-9H;2*1-9H. The summed E-state index contributed by atoms with van der Waals surface area (Å²) < 4.78 is 14.6. The van der Waals surface area contributed by atoms with Gasteiger partial charge >= 0.3 is 0 Å². The van der Waals surface area contributed by atoms with Gasteiger partial charge in [-0.05, 0) is 336 Å². The van der Waals surface area contributed by atoms with E-state index >= 15 is 0 Å². The van der Waals surface area contributed by atoms with Crippen LogP contribution in [0.4, 0.5) is 0 Å². The fourth-order valence-electron chi connectivity index (χ4n) is 19.1. The van der Waals surface area contributed by atoms with Crippen LogP contribution in [0.25, 0.3) is 208 Å². The van der Waals surface area contributed by atoms with Crippen molar-refractivity contribution in [1.82, 2.24) is 14.8 Å². The Hall–Kier alpha value is -14.3. The van der Waals surface area contributed by atoms with Gasteiger partial charge in [0, 0.05) is 59.1 Å². The van der Waals surface area contributed by atoms with E-state index in [1.54, 1.807) is 0 Å². The minimum absolute atomic E-state index is 0.529. The molecular weight excluding hydrogens is 2130 g/mol. The Balaban J connectivity index is 0.0000000997. The lowest BCUT2D eigenvalue weighted by Gasteiger charge is -2.18. The molecule has 0 unspecified atom stereocenters. The highest BCUT2D eigenvalue weighted by Gasteiger charge is 2.21. The van der Waals surface area contributed by atoms with Gasteiger partial charge in [-0.3, -0.25) is 0 Å². The summed E-state index contributed by atoms with van der Waals surface area (Å²) >= 11 is 27.8. The summed E-state index contributed by atoms with van der Waals surface area (Å²) in [5.74, 6) is 1.06. The van der Waals surface area contributed by atoms with Gasteiger partial charge in [0.1, 0.15) is 0 Å². The van der Waals surface area contributed by atoms with Crippen molar-refractivity contribution in [2.75, 3.05) is 0 Å². The lowest BCUT2D eigenvalue weighted by atomic mass is 9.85. The predicted octanol–water partition coefficient (Wildman–Crippen LogP) is 41.3. The molecule has 26 aromatic rings. The number of nitrogens with zero attached hydrogens (tertiary/aromatic N) is 3. The third-order valence-electron chi connectivity index (χ3n) is 25.8. The minimum atomic E-state index is 0.529. The number of allylic oxidation sites excluding steroid dienone is 4. The van der Waals surface area contributed by atoms with Crippen LogP contribution in [0.3, 0.4) is 0 Å². The quantitative estimate of drug-likeness (QED) is 0.118. The first-order valence-electron chi connectivity index (χ1n) is 46.7. The largest absolute Gasteiger partial charge is 0.416 e. The van der Waals surface area contributed by atoms with Gasteiger partial charge in [0.25, 0.3) is 0 Å². The molecule has 2 heterocycles. The number of para-hydroxylation sites is 3. The van der Waals surface area contributed by atoms with Crippen LogP contribution in [0.5, 0.6) is 0 Å². The third kappa shape index (κ3) is 20.3. The van der Waals surface area contributed by atoms with Crippen LogP contribution in [0, 0.1) is 0 Å². The zero-order valence-corrected chi connectivity index (χ0v) is 86.4. The smallest absolute Gasteiger partial charge is 0.248 e. The maximum atomic E-state index is 6.16. The van der Waals surface area contributed by atoms with Crippen LogP contribution >= 0.6 is 107 Å². The van der Waals surface area contributed by atoms with Crippen molar-refractivity contribution in [3.8, 4) is 62.0 Å². The molecule has 0 N–H and O–H groups in total. The van der Waals surface area contributed by atoms with Gasteiger partial charge < -0.3 is 8.98 Å². The van der Waals surface area contributed by atoms with E-state index in [9.17, 15) is 0 Å². The Bertz CT molecular complexity index is 9120. The van der Waals surface area contributed by atoms with Crippen molar-refractivity contribution in [3.05, 3.63) is 535 Å². The average Bonchev–Trinajstić information content (AvgIpc) is 1.70. The highest BCUT2D eigenvalue weighted by molar-refractivity contribution is 9.11. The highest BCUT2D eigenvalue weighted by Crippen LogP contribution is 2.48. The molecule has 676 valence electrons. The Kier molecular flexibility index (Phi) is 28.3. The van der Waals surface area contributed by atoms with E-state index in [4.69, 9.17) is 16.0 Å². The number of hydrogen-bond acceptors (Lipinski definition) is 3. The van der Waals surface area contributed by atoms with Gasteiger partial charge in [-0.1, -0.05) is 439 Å². The molecule has 141 heavy (non-hydrogen) atoms. The van der Waals surface area contributed by atoms with Crippen LogP contribution in [0.2, 0.25) is 5.02 Å². The summed E-state index contributed by atoms with van der Waals surface area (Å²) in [6.07, 6.45) is 8.94. The minimum Gasteiger partial charge on any atom is -0.416 e. The van der Waals surface area contributed by atoms with Crippen molar-refractivity contribution in [3.63, 3.8) is 0 Å². The maximum absolute atomic E-state index is 6.16. The van der Waals surface area contributed by atoms with Gasteiger partial charge in [-0.25, -0.2) is 0 Å². The second kappa shape index (κ2) is 42.8. The Morgan fingerprint density at radius 1 is 0.234 bits per heavy atom. The van der Waals surface area contributed by atoms with Crippen molar-refractivity contribution >= 4 is 253 Å². The SMILES string of the molecule is Brc1c2ccccc2c(C2=CC=CCC2)c2ccccc12.Brc1ccc(-c2ccc3ccccc3c2)cc1.Brc1ccc(-c2nnc(-c3ccccc3)o2)cc1.Brc1ccc2c(-c3ccc4ccccc4c3)c3ccccc3c(-c3ccc4ccccc4c3)c2c1.Brc1ccc2ccc3ccccc3c2c1.Brc1ccccc1-n1c2ccccc2c2ccccc21.Clc1cccc2cc3ccccc3cc12. The summed E-state index contributed by atoms with van der Waals surface area (Å²) in [5.41, 5.74) is 15.9. The predicted molar refractivity (Wildman–Crippen MR) is 625 cm³/mol. The Morgan fingerprint density at radius 2 is 0.603 bits per heavy atom. The summed E-state index contributed by atoms with van der Waals surface area (Å²) in [5, 5.41) is 39.5. The van der Waals surface area contributed by atoms with Gasteiger partial charge in [0.2, 0.25) is 11.8 Å². The summed E-state index contributed by atoms with van der Waals surface area (Å²) in [4.78, 5) is 0. The van der Waals surface area contributed by atoms with Gasteiger partial charge in [-0.15, -0.1) is 10.2 Å². The molecule has 1 aliphatic rings. The summed E-state index contributed by atoms with van der Waals surface area (Å²) in [7, 11) is 0. The molecule has 4 nitrogen and oxygen atoms in total. The summed E-state index contributed by atoms with van der Waals surface area (Å²) in [6, 6.07) is 168. The fraction of sp³-hybridized carbons (Fsp3) is 0.0154. The normalized spacial score (nSPS) is 11.6. The first-order chi connectivity index (χ1) is 69.3. The molecule has 0 atom stereocenters. The fourth-order valence-corrected chi connectivity index (χ4v) is 21.7. The van der Waals surface area contributed by atoms with E-state index in [-0.39, 0.29) is 0 Å². The zero-order valence-electron chi connectivity index (χ0n) is 76.2. The Labute approximate surface area is 873 Å². The molecule has 0 spiro atoms. The van der Waals surface area contributed by atoms with Crippen LogP contribution in [0.15, 0.2) is 529 Å². The van der Waals surface area contributed by atoms with E-state index in [0.717, 1.165) is 56.7 Å². The summed E-state index contributed by atoms with van der Waals surface area (Å²) in [6.45, 7) is 0. The van der Waals surface area contributed by atoms with E-state index in [1.165, 1.54) is 190 Å². The van der Waals surface area contributed by atoms with Crippen LogP contribution in [-0.2, 0) is 0 Å². The molecule has 0 radical (unpaired) electrons. The molecule has 2 aromatic heterocycles. The van der Waals surface area contributed by atoms with Crippen molar-refractivity contribution < 1.29 is 4.42 Å². The number of hydrogen-bond donors (Lipinski definition) is 0. The topological polar surface area (TPSA) is 43.9 Å². The lowest BCUT2D eigenvalue weighted by molar-refractivity contribution is 0.584. The first kappa shape index (κ1) is 93.1. The zero-order chi connectivity index (χ0) is 95.7. The van der Waals surface area contributed by atoms with Crippen molar-refractivity contribution in [1.29, 1.82) is 0 Å². The molecule has 27 rings (SSSR count). The number of aromatic nitrogens is 3. The molecular formula is C130H86Br6ClN3O. The van der Waals surface area contributed by atoms with Crippen molar-refractivity contribution in [2.45, 2.75) is 12.8 Å². The van der Waals surface area contributed by atoms with Gasteiger partial charge in [-0.2, -0.15) is 0 Å². The Morgan fingerprint density at radius 3 is 1.14 bits per heavy atom. The third-order valence-corrected chi connectivity index (χ3v) is 29.7. The first-order valence-corrected chi connectivity index (χ1v) is 51.8. The monoisotopic (exact) mass is 2210 g/mol. The molecule has 24 aromatic carbocycles. The van der Waals surface area contributed by atoms with Gasteiger partial charge in [0.05, 0.1) is 16.7 Å². The number of halogens is 7. The molecule has 0 bridgehead atoms. The van der Waals surface area contributed by atoms with Crippen molar-refractivity contribution in [2.24, 2.45) is 0 Å². The highest BCUT2D eigenvalue weighted by atomic mass is 79.9. The average molecular weight is 2220 g/mol. The molecule has 1 aliphatic carbocycles. The second-order valence-corrected chi connectivity index (χ2v) is 40.3. The van der Waals surface area contributed by atoms with E-state index in [0.29, 0.717) is 11.8 Å². The number of benzene rings is 24. The maximum Gasteiger partial charge on any atom is 0.248 e. The van der Waals surface area contributed by atoms with E-state index in [2.05, 4.69) is 529 Å². The van der Waals surface area contributed by atoms with E-state index < -0.39 is 0 Å². The molecule has 0 fully saturated rings. The number of fused-ring (bicyclic) bond motifs is 15. The molecule has 0 aliphatic heterocycles. The second-order valence-electron chi connectivity index (χ2n) is 34.5. The molecule has 0 saturated carbocycles. The van der Waals surface area contributed by atoms with Crippen LogP contribution < -0.4 is 0 Å². The van der Waals surface area contributed by atoms with Crippen LogP contribution in [0.1, 0.15) is 18.4 Å². The lowest BCUT2D eigenvalue weighted by Crippen LogP contribution is -1.94. The van der Waals surface area contributed by atoms with Crippen LogP contribution in [-0.4, -0.2) is 14.8 Å². The van der Waals surface area contributed by atoms with E-state index in [1.807, 2.05) is 78.9 Å². The number of rotatable bonds is 7. The van der Waals surface area contributed by atoms with Gasteiger partial charge in [0.15, 0.2) is 0 Å². The molecule has 0 saturated heterocycles. The molecule has 0 amide bonds. The molecule has 11 heteroatoms.